The molecule has 4 fully saturated rings. The van der Waals surface area contributed by atoms with Gasteiger partial charge in [-0.15, -0.1) is 11.8 Å². The zero-order chi connectivity index (χ0) is 9.92. The monoisotopic (exact) mass is 324 g/mol. The maximum Gasteiger partial charge on any atom is 0.0395 e. The van der Waals surface area contributed by atoms with Crippen molar-refractivity contribution in [3.63, 3.8) is 0 Å². The summed E-state index contributed by atoms with van der Waals surface area (Å²) in [4.78, 5) is 0. The van der Waals surface area contributed by atoms with E-state index in [2.05, 4.69) is 22.6 Å². The van der Waals surface area contributed by atoms with Crippen LogP contribution in [0.15, 0.2) is 0 Å². The third-order valence-corrected chi connectivity index (χ3v) is 7.37. The Hall–Kier alpha value is 1.00. The van der Waals surface area contributed by atoms with Crippen molar-refractivity contribution in [3.8, 4) is 0 Å². The minimum absolute atomic E-state index is 0.634. The number of rotatable bonds is 3. The van der Waals surface area contributed by atoms with E-state index in [0.717, 1.165) is 39.3 Å². The van der Waals surface area contributed by atoms with Gasteiger partial charge in [-0.2, -0.15) is 0 Å². The summed E-state index contributed by atoms with van der Waals surface area (Å²) in [6.45, 7) is 0.901. The Labute approximate surface area is 103 Å². The van der Waals surface area contributed by atoms with Crippen molar-refractivity contribution in [2.45, 2.75) is 22.0 Å². The third kappa shape index (κ3) is 0.924. The molecule has 0 aromatic heterocycles. The van der Waals surface area contributed by atoms with Crippen LogP contribution in [0.5, 0.6) is 0 Å². The van der Waals surface area contributed by atoms with E-state index in [4.69, 9.17) is 11.5 Å². The maximum atomic E-state index is 5.89. The van der Waals surface area contributed by atoms with Crippen molar-refractivity contribution in [1.29, 1.82) is 0 Å². The van der Waals surface area contributed by atoms with Crippen LogP contribution in [0.1, 0.15) is 12.8 Å². The normalized spacial score (nSPS) is 58.9. The summed E-state index contributed by atoms with van der Waals surface area (Å²) in [5.41, 5.74) is 12.2. The Morgan fingerprint density at radius 3 is 2.79 bits per heavy atom. The summed E-state index contributed by atoms with van der Waals surface area (Å²) >= 11 is 4.62. The molecule has 4 saturated carbocycles. The molecule has 4 N–H and O–H groups in total. The number of thioether (sulfide) groups is 1. The van der Waals surface area contributed by atoms with Crippen molar-refractivity contribution in [1.82, 2.24) is 0 Å². The first-order valence-corrected chi connectivity index (χ1v) is 7.71. The molecule has 4 heteroatoms. The summed E-state index contributed by atoms with van der Waals surface area (Å²) in [6.07, 6.45) is 2.80. The van der Waals surface area contributed by atoms with Crippen LogP contribution in [0.3, 0.4) is 0 Å². The van der Waals surface area contributed by atoms with Crippen LogP contribution >= 0.6 is 34.4 Å². The van der Waals surface area contributed by atoms with E-state index < -0.39 is 0 Å². The number of hydrogen-bond acceptors (Lipinski definition) is 3. The quantitative estimate of drug-likeness (QED) is 0.469. The highest BCUT2D eigenvalue weighted by Gasteiger charge is 2.77. The lowest BCUT2D eigenvalue weighted by Gasteiger charge is -2.66. The number of fused-ring (bicyclic) bond motifs is 1. The molecule has 0 saturated heterocycles. The van der Waals surface area contributed by atoms with E-state index in [1.165, 1.54) is 12.8 Å². The molecule has 6 atom stereocenters. The topological polar surface area (TPSA) is 52.0 Å². The third-order valence-electron chi connectivity index (χ3n) is 4.82. The second kappa shape index (κ2) is 3.25. The molecule has 0 heterocycles. The van der Waals surface area contributed by atoms with Crippen molar-refractivity contribution in [3.05, 3.63) is 0 Å². The van der Waals surface area contributed by atoms with Gasteiger partial charge in [0.25, 0.3) is 0 Å². The summed E-state index contributed by atoms with van der Waals surface area (Å²) in [5, 5.41) is 0.858. The average molecular weight is 324 g/mol. The lowest BCUT2D eigenvalue weighted by Crippen LogP contribution is -2.67. The summed E-state index contributed by atoms with van der Waals surface area (Å²) in [6, 6.07) is 0. The number of alkyl halides is 1. The minimum atomic E-state index is 0.634. The van der Waals surface area contributed by atoms with Gasteiger partial charge in [0.1, 0.15) is 0 Å². The fourth-order valence-corrected chi connectivity index (χ4v) is 7.86. The smallest absolute Gasteiger partial charge is 0.0395 e. The number of halogens is 1. The lowest BCUT2D eigenvalue weighted by atomic mass is 9.46. The van der Waals surface area contributed by atoms with Gasteiger partial charge in [-0.1, -0.05) is 22.6 Å². The number of hydrogen-bond donors (Lipinski definition) is 2. The van der Waals surface area contributed by atoms with Crippen molar-refractivity contribution in [2.75, 3.05) is 12.4 Å². The Bertz CT molecular complexity index is 259. The fourth-order valence-electron chi connectivity index (χ4n) is 4.41. The molecular weight excluding hydrogens is 307 g/mol. The summed E-state index contributed by atoms with van der Waals surface area (Å²) < 4.78 is 0.934. The second-order valence-electron chi connectivity index (χ2n) is 4.94. The van der Waals surface area contributed by atoms with Crippen LogP contribution in [0, 0.1) is 23.2 Å². The first-order valence-electron chi connectivity index (χ1n) is 5.41. The summed E-state index contributed by atoms with van der Waals surface area (Å²) in [5.74, 6) is 3.56. The highest BCUT2D eigenvalue weighted by molar-refractivity contribution is 14.1. The van der Waals surface area contributed by atoms with Gasteiger partial charge < -0.3 is 11.5 Å². The molecule has 80 valence electrons. The predicted molar refractivity (Wildman–Crippen MR) is 69.4 cm³/mol. The van der Waals surface area contributed by atoms with Crippen LogP contribution in [-0.4, -0.2) is 21.6 Å². The largest absolute Gasteiger partial charge is 0.330 e. The van der Waals surface area contributed by atoms with Gasteiger partial charge in [0.05, 0.1) is 0 Å². The van der Waals surface area contributed by atoms with Crippen molar-refractivity contribution >= 4 is 34.4 Å². The van der Waals surface area contributed by atoms with Crippen LogP contribution in [0.4, 0.5) is 0 Å². The highest BCUT2D eigenvalue weighted by atomic mass is 127. The maximum absolute atomic E-state index is 5.89. The van der Waals surface area contributed by atoms with E-state index in [9.17, 15) is 0 Å². The van der Waals surface area contributed by atoms with E-state index in [0.29, 0.717) is 5.41 Å². The zero-order valence-electron chi connectivity index (χ0n) is 8.16. The zero-order valence-corrected chi connectivity index (χ0v) is 11.1. The first kappa shape index (κ1) is 10.2. The van der Waals surface area contributed by atoms with Gasteiger partial charge in [0, 0.05) is 15.1 Å². The Morgan fingerprint density at radius 1 is 1.43 bits per heavy atom. The molecule has 0 aliphatic heterocycles. The number of nitrogens with two attached hydrogens (primary N) is 2. The van der Waals surface area contributed by atoms with E-state index in [1.54, 1.807) is 0 Å². The molecule has 0 aromatic rings. The van der Waals surface area contributed by atoms with E-state index in [1.807, 2.05) is 11.8 Å². The molecule has 4 aliphatic carbocycles. The van der Waals surface area contributed by atoms with Crippen LogP contribution in [0.2, 0.25) is 0 Å². The van der Waals surface area contributed by atoms with Gasteiger partial charge in [-0.3, -0.25) is 0 Å². The molecule has 0 radical (unpaired) electrons. The predicted octanol–water partition coefficient (Wildman–Crippen LogP) is 1.42. The molecule has 0 amide bonds. The van der Waals surface area contributed by atoms with Crippen LogP contribution in [0.25, 0.3) is 0 Å². The molecule has 0 aromatic carbocycles. The molecule has 2 bridgehead atoms. The molecular formula is C10H17IN2S. The fraction of sp³-hybridized carbons (Fsp3) is 1.00. The minimum Gasteiger partial charge on any atom is -0.330 e. The van der Waals surface area contributed by atoms with Gasteiger partial charge >= 0.3 is 0 Å². The first-order chi connectivity index (χ1) is 6.75. The molecule has 14 heavy (non-hydrogen) atoms. The van der Waals surface area contributed by atoms with Crippen LogP contribution < -0.4 is 11.5 Å². The lowest BCUT2D eigenvalue weighted by molar-refractivity contribution is -0.0682. The SMILES string of the molecule is NCSC1C2CC(CN)C13CC(I)C23. The summed E-state index contributed by atoms with van der Waals surface area (Å²) in [7, 11) is 0. The van der Waals surface area contributed by atoms with Crippen LogP contribution in [-0.2, 0) is 0 Å². The van der Waals surface area contributed by atoms with E-state index in [-0.39, 0.29) is 0 Å². The molecule has 1 spiro atoms. The second-order valence-corrected chi connectivity index (χ2v) is 7.72. The van der Waals surface area contributed by atoms with Gasteiger partial charge in [0.15, 0.2) is 0 Å². The Morgan fingerprint density at radius 2 is 2.21 bits per heavy atom. The molecule has 6 unspecified atom stereocenters. The van der Waals surface area contributed by atoms with E-state index >= 15 is 0 Å². The molecule has 4 aliphatic rings. The average Bonchev–Trinajstić information content (AvgIpc) is 2.59. The Balaban J connectivity index is 1.83. The van der Waals surface area contributed by atoms with Gasteiger partial charge in [-0.25, -0.2) is 0 Å². The Kier molecular flexibility index (Phi) is 2.36. The van der Waals surface area contributed by atoms with Gasteiger partial charge in [-0.05, 0) is 42.6 Å². The standard InChI is InChI=1S/C10H17IN2S/c11-7-2-10-5(3-12)1-6(8(7)10)9(10)14-4-13/h5-9H,1-4,12-13H2. The van der Waals surface area contributed by atoms with Crippen molar-refractivity contribution < 1.29 is 0 Å². The van der Waals surface area contributed by atoms with Gasteiger partial charge in [0.2, 0.25) is 0 Å². The highest BCUT2D eigenvalue weighted by Crippen LogP contribution is 2.79. The molecule has 4 rings (SSSR count). The van der Waals surface area contributed by atoms with Crippen molar-refractivity contribution in [2.24, 2.45) is 34.6 Å². The molecule has 2 nitrogen and oxygen atoms in total.